The Morgan fingerprint density at radius 1 is 1.36 bits per heavy atom. The van der Waals surface area contributed by atoms with Gasteiger partial charge in [0.1, 0.15) is 11.7 Å². The van der Waals surface area contributed by atoms with Crippen LogP contribution >= 0.6 is 0 Å². The number of aliphatic carboxylic acids is 1. The summed E-state index contributed by atoms with van der Waals surface area (Å²) in [5.74, 6) is -1.93. The summed E-state index contributed by atoms with van der Waals surface area (Å²) in [6, 6.07) is 0. The van der Waals surface area contributed by atoms with E-state index in [-0.39, 0.29) is 5.69 Å². The summed E-state index contributed by atoms with van der Waals surface area (Å²) in [6.45, 7) is 0. The van der Waals surface area contributed by atoms with Gasteiger partial charge in [-0.3, -0.25) is 19.6 Å². The number of amides is 1. The molecule has 22 heavy (non-hydrogen) atoms. The molecule has 1 saturated carbocycles. The van der Waals surface area contributed by atoms with Gasteiger partial charge in [0.05, 0.1) is 4.92 Å². The van der Waals surface area contributed by atoms with Crippen LogP contribution in [0.2, 0.25) is 0 Å². The van der Waals surface area contributed by atoms with Crippen LogP contribution in [0.4, 0.5) is 5.69 Å². The molecule has 0 bridgehead atoms. The van der Waals surface area contributed by atoms with Gasteiger partial charge < -0.3 is 10.4 Å². The van der Waals surface area contributed by atoms with Crippen LogP contribution in [0, 0.1) is 10.1 Å². The summed E-state index contributed by atoms with van der Waals surface area (Å²) < 4.78 is 1.16. The van der Waals surface area contributed by atoms with Crippen LogP contribution in [0.1, 0.15) is 49.0 Å². The zero-order valence-electron chi connectivity index (χ0n) is 12.2. The van der Waals surface area contributed by atoms with E-state index in [0.717, 1.165) is 23.7 Å². The Bertz CT molecular complexity index is 602. The smallest absolute Gasteiger partial charge is 0.329 e. The lowest BCUT2D eigenvalue weighted by atomic mass is 9.90. The first kappa shape index (κ1) is 15.9. The molecule has 0 aliphatic heterocycles. The highest BCUT2D eigenvalue weighted by Gasteiger charge is 2.41. The van der Waals surface area contributed by atoms with Gasteiger partial charge >= 0.3 is 11.7 Å². The molecular formula is C13H18N4O5. The number of aryl methyl sites for hydroxylation is 1. The third-order valence-corrected chi connectivity index (χ3v) is 3.94. The number of carboxylic acids is 1. The molecule has 1 heterocycles. The van der Waals surface area contributed by atoms with E-state index < -0.39 is 28.0 Å². The maximum atomic E-state index is 12.3. The topological polar surface area (TPSA) is 127 Å². The summed E-state index contributed by atoms with van der Waals surface area (Å²) in [6.07, 6.45) is 4.95. The summed E-state index contributed by atoms with van der Waals surface area (Å²) in [7, 11) is 1.46. The van der Waals surface area contributed by atoms with Crippen molar-refractivity contribution < 1.29 is 19.6 Å². The molecule has 120 valence electrons. The van der Waals surface area contributed by atoms with Gasteiger partial charge in [0, 0.05) is 7.05 Å². The predicted molar refractivity (Wildman–Crippen MR) is 75.4 cm³/mol. The molecular weight excluding hydrogens is 292 g/mol. The van der Waals surface area contributed by atoms with Crippen LogP contribution in [-0.4, -0.2) is 37.2 Å². The van der Waals surface area contributed by atoms with Crippen LogP contribution in [0.15, 0.2) is 6.20 Å². The van der Waals surface area contributed by atoms with Crippen molar-refractivity contribution >= 4 is 17.6 Å². The van der Waals surface area contributed by atoms with Crippen LogP contribution in [0.3, 0.4) is 0 Å². The fourth-order valence-corrected chi connectivity index (χ4v) is 2.77. The quantitative estimate of drug-likeness (QED) is 0.489. The van der Waals surface area contributed by atoms with Gasteiger partial charge in [0.2, 0.25) is 5.69 Å². The highest BCUT2D eigenvalue weighted by atomic mass is 16.6. The van der Waals surface area contributed by atoms with E-state index in [9.17, 15) is 24.8 Å². The highest BCUT2D eigenvalue weighted by Crippen LogP contribution is 2.28. The molecule has 2 rings (SSSR count). The summed E-state index contributed by atoms with van der Waals surface area (Å²) in [5.41, 5.74) is -2.18. The largest absolute Gasteiger partial charge is 0.480 e. The molecule has 1 aliphatic rings. The minimum absolute atomic E-state index is 0.314. The number of nitrogens with zero attached hydrogens (tertiary/aromatic N) is 3. The standard InChI is InChI=1S/C13H18N4O5/c1-16-8-9(17(21)22)10(15-16)11(18)14-13(12(19)20)6-4-2-3-5-7-13/h8H,2-7H2,1H3,(H,14,18)(H,19,20). The van der Waals surface area contributed by atoms with E-state index in [4.69, 9.17) is 0 Å². The van der Waals surface area contributed by atoms with Crippen LogP contribution in [0.25, 0.3) is 0 Å². The minimum atomic E-state index is -1.38. The molecule has 0 atom stereocenters. The monoisotopic (exact) mass is 310 g/mol. The lowest BCUT2D eigenvalue weighted by molar-refractivity contribution is -0.385. The second-order valence-corrected chi connectivity index (χ2v) is 5.55. The van der Waals surface area contributed by atoms with Crippen LogP contribution < -0.4 is 5.32 Å². The Balaban J connectivity index is 2.29. The SMILES string of the molecule is Cn1cc([N+](=O)[O-])c(C(=O)NC2(C(=O)O)CCCCCC2)n1. The highest BCUT2D eigenvalue weighted by molar-refractivity contribution is 5.99. The second kappa shape index (κ2) is 6.12. The van der Waals surface area contributed by atoms with E-state index in [2.05, 4.69) is 10.4 Å². The van der Waals surface area contributed by atoms with Crippen LogP contribution in [-0.2, 0) is 11.8 Å². The average Bonchev–Trinajstić information content (AvgIpc) is 2.68. The molecule has 9 heteroatoms. The molecule has 0 spiro atoms. The fourth-order valence-electron chi connectivity index (χ4n) is 2.77. The first-order chi connectivity index (χ1) is 10.4. The van der Waals surface area contributed by atoms with Crippen molar-refractivity contribution in [2.75, 3.05) is 0 Å². The summed E-state index contributed by atoms with van der Waals surface area (Å²) in [4.78, 5) is 34.2. The van der Waals surface area contributed by atoms with Crippen LogP contribution in [0.5, 0.6) is 0 Å². The number of aromatic nitrogens is 2. The molecule has 0 radical (unpaired) electrons. The molecule has 2 N–H and O–H groups in total. The number of carbonyl (C=O) groups excluding carboxylic acids is 1. The zero-order chi connectivity index (χ0) is 16.3. The summed E-state index contributed by atoms with van der Waals surface area (Å²) >= 11 is 0. The number of carboxylic acid groups (broad SMARTS) is 1. The number of nitro groups is 1. The van der Waals surface area contributed by atoms with Crippen molar-refractivity contribution in [3.8, 4) is 0 Å². The van der Waals surface area contributed by atoms with Gasteiger partial charge in [0.15, 0.2) is 0 Å². The molecule has 1 aliphatic carbocycles. The second-order valence-electron chi connectivity index (χ2n) is 5.55. The number of rotatable bonds is 4. The minimum Gasteiger partial charge on any atom is -0.480 e. The van der Waals surface area contributed by atoms with E-state index in [1.807, 2.05) is 0 Å². The van der Waals surface area contributed by atoms with Gasteiger partial charge in [0.25, 0.3) is 5.91 Å². The van der Waals surface area contributed by atoms with Gasteiger partial charge in [-0.2, -0.15) is 5.10 Å². The number of nitrogens with one attached hydrogen (secondary N) is 1. The maximum absolute atomic E-state index is 12.3. The fraction of sp³-hybridized carbons (Fsp3) is 0.615. The maximum Gasteiger partial charge on any atom is 0.329 e. The van der Waals surface area contributed by atoms with Gasteiger partial charge in [-0.25, -0.2) is 4.79 Å². The Labute approximate surface area is 126 Å². The lowest BCUT2D eigenvalue weighted by Crippen LogP contribution is -2.54. The molecule has 1 amide bonds. The number of hydrogen-bond acceptors (Lipinski definition) is 5. The molecule has 0 aromatic carbocycles. The first-order valence-corrected chi connectivity index (χ1v) is 7.10. The Kier molecular flexibility index (Phi) is 4.43. The van der Waals surface area contributed by atoms with E-state index in [1.165, 1.54) is 7.05 Å². The zero-order valence-corrected chi connectivity index (χ0v) is 12.2. The summed E-state index contributed by atoms with van der Waals surface area (Å²) in [5, 5.41) is 26.7. The molecule has 0 saturated heterocycles. The Hall–Kier alpha value is -2.45. The van der Waals surface area contributed by atoms with Crippen molar-refractivity contribution in [1.29, 1.82) is 0 Å². The number of hydrogen-bond donors (Lipinski definition) is 2. The predicted octanol–water partition coefficient (Wildman–Crippen LogP) is 1.24. The third kappa shape index (κ3) is 3.07. The third-order valence-electron chi connectivity index (χ3n) is 3.94. The normalized spacial score (nSPS) is 17.5. The van der Waals surface area contributed by atoms with Crippen molar-refractivity contribution in [2.24, 2.45) is 7.05 Å². The van der Waals surface area contributed by atoms with Gasteiger partial charge in [-0.1, -0.05) is 25.7 Å². The lowest BCUT2D eigenvalue weighted by Gasteiger charge is -2.28. The van der Waals surface area contributed by atoms with Gasteiger partial charge in [-0.05, 0) is 12.8 Å². The molecule has 1 fully saturated rings. The van der Waals surface area contributed by atoms with E-state index in [0.29, 0.717) is 25.7 Å². The molecule has 1 aromatic heterocycles. The molecule has 0 unspecified atom stereocenters. The first-order valence-electron chi connectivity index (χ1n) is 7.10. The molecule has 1 aromatic rings. The van der Waals surface area contributed by atoms with E-state index >= 15 is 0 Å². The number of carbonyl (C=O) groups is 2. The van der Waals surface area contributed by atoms with Crippen molar-refractivity contribution in [3.05, 3.63) is 22.0 Å². The Morgan fingerprint density at radius 2 is 1.95 bits per heavy atom. The van der Waals surface area contributed by atoms with Gasteiger partial charge in [-0.15, -0.1) is 0 Å². The van der Waals surface area contributed by atoms with E-state index in [1.54, 1.807) is 0 Å². The van der Waals surface area contributed by atoms with Crippen molar-refractivity contribution in [1.82, 2.24) is 15.1 Å². The average molecular weight is 310 g/mol. The van der Waals surface area contributed by atoms with Crippen molar-refractivity contribution in [2.45, 2.75) is 44.1 Å². The Morgan fingerprint density at radius 3 is 2.45 bits per heavy atom. The molecule has 9 nitrogen and oxygen atoms in total. The van der Waals surface area contributed by atoms with Crippen molar-refractivity contribution in [3.63, 3.8) is 0 Å².